The number of aromatic nitrogens is 1. The molecule has 1 N–H and O–H groups in total. The first kappa shape index (κ1) is 8.94. The Morgan fingerprint density at radius 1 is 1.43 bits per heavy atom. The summed E-state index contributed by atoms with van der Waals surface area (Å²) in [5, 5.41) is 10.7. The monoisotopic (exact) mass is 183 g/mol. The average molecular weight is 183 g/mol. The van der Waals surface area contributed by atoms with Crippen molar-refractivity contribution in [2.75, 3.05) is 0 Å². The third-order valence-corrected chi connectivity index (χ3v) is 2.31. The fraction of sp³-hybridized carbons (Fsp3) is 0.0909. The summed E-state index contributed by atoms with van der Waals surface area (Å²) in [6.07, 6.45) is 0. The molecular weight excluding hydrogens is 173 g/mol. The van der Waals surface area contributed by atoms with Crippen molar-refractivity contribution in [1.82, 2.24) is 4.48 Å². The minimum Gasteiger partial charge on any atom is -0.495 e. The van der Waals surface area contributed by atoms with Crippen LogP contribution in [0.15, 0.2) is 30.8 Å². The van der Waals surface area contributed by atoms with E-state index < -0.39 is 0 Å². The zero-order chi connectivity index (χ0) is 10.3. The van der Waals surface area contributed by atoms with Gasteiger partial charge in [0, 0.05) is 16.5 Å². The Balaban J connectivity index is 2.95. The van der Waals surface area contributed by atoms with Crippen LogP contribution >= 0.6 is 0 Å². The van der Waals surface area contributed by atoms with Gasteiger partial charge >= 0.3 is 0 Å². The fourth-order valence-electron chi connectivity index (χ4n) is 1.67. The van der Waals surface area contributed by atoms with Gasteiger partial charge in [0.15, 0.2) is 5.88 Å². The van der Waals surface area contributed by atoms with Crippen LogP contribution in [0.25, 0.3) is 16.5 Å². The van der Waals surface area contributed by atoms with Crippen LogP contribution in [0.3, 0.4) is 0 Å². The molecule has 0 spiro atoms. The van der Waals surface area contributed by atoms with Crippen molar-refractivity contribution >= 4 is 24.5 Å². The summed E-state index contributed by atoms with van der Waals surface area (Å²) in [5.41, 5.74) is 2.34. The number of benzene rings is 1. The molecule has 0 saturated carbocycles. The number of nitrogens with zero attached hydrogens (tertiary/aromatic N) is 1. The molecule has 2 nitrogen and oxygen atoms in total. The Kier molecular flexibility index (Phi) is 1.88. The molecule has 14 heavy (non-hydrogen) atoms. The number of fused-ring (bicyclic) bond motifs is 1. The minimum absolute atomic E-state index is 0.0682. The highest BCUT2D eigenvalue weighted by Crippen LogP contribution is 2.33. The average Bonchev–Trinajstić information content (AvgIpc) is 2.41. The van der Waals surface area contributed by atoms with Gasteiger partial charge in [0.05, 0.1) is 0 Å². The van der Waals surface area contributed by atoms with Gasteiger partial charge in [-0.25, -0.2) is 0 Å². The van der Waals surface area contributed by atoms with Crippen LogP contribution in [0, 0.1) is 0 Å². The van der Waals surface area contributed by atoms with E-state index in [0.717, 1.165) is 22.0 Å². The van der Waals surface area contributed by atoms with Crippen LogP contribution in [-0.2, 0) is 0 Å². The molecule has 0 saturated heterocycles. The van der Waals surface area contributed by atoms with Crippen LogP contribution in [0.1, 0.15) is 12.5 Å². The van der Waals surface area contributed by atoms with E-state index in [1.54, 1.807) is 0 Å². The van der Waals surface area contributed by atoms with Crippen LogP contribution in [-0.4, -0.2) is 17.6 Å². The van der Waals surface area contributed by atoms with Gasteiger partial charge < -0.3 is 9.58 Å². The van der Waals surface area contributed by atoms with Gasteiger partial charge in [0.25, 0.3) is 0 Å². The van der Waals surface area contributed by atoms with E-state index in [1.807, 2.05) is 31.2 Å². The minimum atomic E-state index is 0.0682. The molecule has 3 heteroatoms. The van der Waals surface area contributed by atoms with E-state index in [1.165, 1.54) is 4.48 Å². The van der Waals surface area contributed by atoms with Crippen molar-refractivity contribution in [2.45, 2.75) is 6.92 Å². The molecule has 68 valence electrons. The lowest BCUT2D eigenvalue weighted by atomic mass is 10.1. The number of hydrogen-bond acceptors (Lipinski definition) is 1. The summed E-state index contributed by atoms with van der Waals surface area (Å²) in [4.78, 5) is 0. The molecule has 1 aromatic carbocycles. The van der Waals surface area contributed by atoms with E-state index in [4.69, 9.17) is 7.98 Å². The molecule has 0 fully saturated rings. The summed E-state index contributed by atoms with van der Waals surface area (Å²) in [7, 11) is 5.70. The Morgan fingerprint density at radius 2 is 2.07 bits per heavy atom. The molecule has 0 bridgehead atoms. The van der Waals surface area contributed by atoms with Crippen molar-refractivity contribution in [3.63, 3.8) is 0 Å². The number of allylic oxidation sites excluding steroid dienone is 1. The maximum Gasteiger partial charge on any atom is 0.238 e. The number of para-hydroxylation sites is 1. The number of rotatable bonds is 1. The lowest BCUT2D eigenvalue weighted by molar-refractivity contribution is 0.450. The predicted octanol–water partition coefficient (Wildman–Crippen LogP) is 2.31. The molecule has 0 unspecified atom stereocenters. The van der Waals surface area contributed by atoms with Crippen LogP contribution in [0.2, 0.25) is 0 Å². The quantitative estimate of drug-likeness (QED) is 0.674. The standard InChI is InChI=1S/C11H10BNO/c1-7(2)10-8-5-3-4-6-9(8)13(12)11(10)14/h3-6,14H,1H2,2H3. The third-order valence-electron chi connectivity index (χ3n) is 2.31. The lowest BCUT2D eigenvalue weighted by Gasteiger charge is -1.98. The van der Waals surface area contributed by atoms with E-state index >= 15 is 0 Å². The maximum absolute atomic E-state index is 9.77. The molecular formula is C11H10BNO. The summed E-state index contributed by atoms with van der Waals surface area (Å²) in [6, 6.07) is 7.57. The van der Waals surface area contributed by atoms with Crippen LogP contribution in [0.4, 0.5) is 0 Å². The Hall–Kier alpha value is -1.64. The lowest BCUT2D eigenvalue weighted by Crippen LogP contribution is -1.89. The SMILES string of the molecule is [B]n1c(O)c(C(=C)C)c2ccccc21. The molecule has 1 heterocycles. The maximum atomic E-state index is 9.77. The molecule has 0 aliphatic heterocycles. The third kappa shape index (κ3) is 1.05. The summed E-state index contributed by atoms with van der Waals surface area (Å²) >= 11 is 0. The van der Waals surface area contributed by atoms with Gasteiger partial charge in [0.2, 0.25) is 7.98 Å². The van der Waals surface area contributed by atoms with E-state index in [9.17, 15) is 5.11 Å². The van der Waals surface area contributed by atoms with Gasteiger partial charge in [0.1, 0.15) is 0 Å². The first-order valence-electron chi connectivity index (χ1n) is 4.36. The molecule has 2 radical (unpaired) electrons. The van der Waals surface area contributed by atoms with E-state index in [-0.39, 0.29) is 5.88 Å². The second kappa shape index (κ2) is 2.94. The first-order valence-corrected chi connectivity index (χ1v) is 4.36. The van der Waals surface area contributed by atoms with Gasteiger partial charge in [-0.2, -0.15) is 0 Å². The van der Waals surface area contributed by atoms with Crippen molar-refractivity contribution in [2.24, 2.45) is 0 Å². The Labute approximate surface area is 83.9 Å². The zero-order valence-electron chi connectivity index (χ0n) is 7.99. The van der Waals surface area contributed by atoms with Crippen molar-refractivity contribution < 1.29 is 5.11 Å². The van der Waals surface area contributed by atoms with E-state index in [0.29, 0.717) is 0 Å². The summed E-state index contributed by atoms with van der Waals surface area (Å²) in [6.45, 7) is 5.67. The largest absolute Gasteiger partial charge is 0.495 e. The highest BCUT2D eigenvalue weighted by atomic mass is 16.3. The fourth-order valence-corrected chi connectivity index (χ4v) is 1.67. The number of aromatic hydroxyl groups is 1. The number of hydrogen-bond donors (Lipinski definition) is 1. The second-order valence-corrected chi connectivity index (χ2v) is 3.37. The van der Waals surface area contributed by atoms with Crippen molar-refractivity contribution in [3.05, 3.63) is 36.4 Å². The Morgan fingerprint density at radius 3 is 2.71 bits per heavy atom. The van der Waals surface area contributed by atoms with Gasteiger partial charge in [-0.3, -0.25) is 0 Å². The van der Waals surface area contributed by atoms with Crippen LogP contribution in [0.5, 0.6) is 5.88 Å². The highest BCUT2D eigenvalue weighted by Gasteiger charge is 2.13. The van der Waals surface area contributed by atoms with Crippen molar-refractivity contribution in [1.29, 1.82) is 0 Å². The Bertz CT molecular complexity index is 513. The normalized spacial score (nSPS) is 10.6. The molecule has 0 amide bonds. The van der Waals surface area contributed by atoms with Crippen LogP contribution < -0.4 is 0 Å². The summed E-state index contributed by atoms with van der Waals surface area (Å²) < 4.78 is 1.28. The summed E-state index contributed by atoms with van der Waals surface area (Å²) in [5.74, 6) is 0.0682. The zero-order valence-corrected chi connectivity index (χ0v) is 7.99. The van der Waals surface area contributed by atoms with Crippen molar-refractivity contribution in [3.8, 4) is 5.88 Å². The highest BCUT2D eigenvalue weighted by molar-refractivity contribution is 6.15. The van der Waals surface area contributed by atoms with Gasteiger partial charge in [-0.05, 0) is 18.6 Å². The van der Waals surface area contributed by atoms with Gasteiger partial charge in [-0.15, -0.1) is 0 Å². The molecule has 0 aliphatic rings. The molecule has 1 aromatic heterocycles. The second-order valence-electron chi connectivity index (χ2n) is 3.37. The first-order chi connectivity index (χ1) is 6.63. The molecule has 0 aliphatic carbocycles. The molecule has 2 aromatic rings. The van der Waals surface area contributed by atoms with E-state index in [2.05, 4.69) is 6.58 Å². The van der Waals surface area contributed by atoms with Gasteiger partial charge in [-0.1, -0.05) is 24.8 Å². The molecule has 0 atom stereocenters. The molecule has 2 rings (SSSR count). The topological polar surface area (TPSA) is 25.2 Å². The smallest absolute Gasteiger partial charge is 0.238 e. The predicted molar refractivity (Wildman–Crippen MR) is 59.5 cm³/mol.